The van der Waals surface area contributed by atoms with E-state index < -0.39 is 11.8 Å². The number of hydrogen-bond acceptors (Lipinski definition) is 5. The highest BCUT2D eigenvalue weighted by Crippen LogP contribution is 2.39. The molecule has 0 spiro atoms. The molecule has 0 saturated carbocycles. The highest BCUT2D eigenvalue weighted by atomic mass is 35.5. The van der Waals surface area contributed by atoms with E-state index in [-0.39, 0.29) is 22.3 Å². The monoisotopic (exact) mass is 602 g/mol. The van der Waals surface area contributed by atoms with Crippen LogP contribution in [0.1, 0.15) is 18.1 Å². The van der Waals surface area contributed by atoms with Crippen molar-refractivity contribution < 1.29 is 19.1 Å². The van der Waals surface area contributed by atoms with Gasteiger partial charge in [-0.2, -0.15) is 0 Å². The Balaban J connectivity index is 1.55. The summed E-state index contributed by atoms with van der Waals surface area (Å²) in [5, 5.41) is 0.958. The zero-order valence-corrected chi connectivity index (χ0v) is 24.2. The summed E-state index contributed by atoms with van der Waals surface area (Å²) in [6, 6.07) is 28.5. The van der Waals surface area contributed by atoms with Crippen LogP contribution in [0, 0.1) is 0 Å². The molecule has 1 aliphatic rings. The van der Waals surface area contributed by atoms with Crippen LogP contribution in [0.25, 0.3) is 6.08 Å². The van der Waals surface area contributed by atoms with Crippen LogP contribution in [0.4, 0.5) is 11.4 Å². The molecule has 0 N–H and O–H groups in total. The highest BCUT2D eigenvalue weighted by Gasteiger charge is 2.41. The number of carbonyl (C=O) groups excluding carboxylic acids is 2. The molecule has 4 aromatic carbocycles. The molecule has 0 unspecified atom stereocenters. The summed E-state index contributed by atoms with van der Waals surface area (Å²) in [4.78, 5) is 30.3. The third kappa shape index (κ3) is 6.12. The van der Waals surface area contributed by atoms with E-state index in [0.717, 1.165) is 5.56 Å². The first-order valence-electron chi connectivity index (χ1n) is 12.8. The van der Waals surface area contributed by atoms with Crippen molar-refractivity contribution in [1.82, 2.24) is 0 Å². The Morgan fingerprint density at radius 2 is 1.34 bits per heavy atom. The first-order chi connectivity index (χ1) is 19.9. The minimum Gasteiger partial charge on any atom is -0.490 e. The number of hydrogen-bond donors (Lipinski definition) is 0. The third-order valence-corrected chi connectivity index (χ3v) is 7.12. The van der Waals surface area contributed by atoms with E-state index in [1.807, 2.05) is 31.2 Å². The maximum atomic E-state index is 13.8. The van der Waals surface area contributed by atoms with Gasteiger partial charge in [0, 0.05) is 5.02 Å². The summed E-state index contributed by atoms with van der Waals surface area (Å²) in [5.74, 6) is -0.358. The molecule has 1 saturated heterocycles. The number of thiocarbonyl (C=S) groups is 1. The lowest BCUT2D eigenvalue weighted by molar-refractivity contribution is -0.120. The fraction of sp³-hybridized carbons (Fsp3) is 0.0938. The summed E-state index contributed by atoms with van der Waals surface area (Å²) in [5.41, 5.74) is 2.39. The number of para-hydroxylation sites is 2. The number of halogens is 2. The van der Waals surface area contributed by atoms with E-state index in [0.29, 0.717) is 40.1 Å². The van der Waals surface area contributed by atoms with Crippen molar-refractivity contribution >= 4 is 69.8 Å². The maximum absolute atomic E-state index is 13.8. The molecule has 9 heteroatoms. The molecule has 4 aromatic rings. The van der Waals surface area contributed by atoms with Crippen LogP contribution < -0.4 is 19.3 Å². The molecule has 41 heavy (non-hydrogen) atoms. The number of anilines is 2. The lowest BCUT2D eigenvalue weighted by Crippen LogP contribution is -2.56. The lowest BCUT2D eigenvalue weighted by atomic mass is 10.0. The van der Waals surface area contributed by atoms with E-state index in [2.05, 4.69) is 0 Å². The quantitative estimate of drug-likeness (QED) is 0.117. The molecule has 206 valence electrons. The zero-order valence-electron chi connectivity index (χ0n) is 21.9. The number of ether oxygens (including phenoxy) is 2. The fourth-order valence-electron chi connectivity index (χ4n) is 4.32. The first kappa shape index (κ1) is 28.4. The second-order valence-electron chi connectivity index (χ2n) is 8.97. The topological polar surface area (TPSA) is 59.1 Å². The van der Waals surface area contributed by atoms with E-state index in [4.69, 9.17) is 44.9 Å². The molecule has 0 aromatic heterocycles. The summed E-state index contributed by atoms with van der Waals surface area (Å²) < 4.78 is 11.8. The molecular formula is C32H24Cl2N2O4S. The molecule has 0 aliphatic carbocycles. The van der Waals surface area contributed by atoms with E-state index in [9.17, 15) is 9.59 Å². The number of amides is 2. The minimum atomic E-state index is -0.546. The Morgan fingerprint density at radius 3 is 1.88 bits per heavy atom. The van der Waals surface area contributed by atoms with Gasteiger partial charge >= 0.3 is 0 Å². The largest absolute Gasteiger partial charge is 0.490 e. The number of rotatable bonds is 8. The Kier molecular flexibility index (Phi) is 8.69. The van der Waals surface area contributed by atoms with Gasteiger partial charge in [-0.1, -0.05) is 71.7 Å². The van der Waals surface area contributed by atoms with Crippen LogP contribution in [0.15, 0.2) is 103 Å². The number of benzene rings is 4. The van der Waals surface area contributed by atoms with Gasteiger partial charge in [0.1, 0.15) is 12.2 Å². The third-order valence-electron chi connectivity index (χ3n) is 6.22. The lowest BCUT2D eigenvalue weighted by Gasteiger charge is -2.36. The molecule has 1 aliphatic heterocycles. The van der Waals surface area contributed by atoms with Gasteiger partial charge in [-0.3, -0.25) is 19.4 Å². The molecule has 6 nitrogen and oxygen atoms in total. The van der Waals surface area contributed by atoms with E-state index in [1.165, 1.54) is 15.9 Å². The molecule has 0 atom stereocenters. The van der Waals surface area contributed by atoms with Gasteiger partial charge in [-0.15, -0.1) is 0 Å². The minimum absolute atomic E-state index is 0.0635. The highest BCUT2D eigenvalue weighted by molar-refractivity contribution is 7.81. The van der Waals surface area contributed by atoms with Crippen molar-refractivity contribution in [2.24, 2.45) is 0 Å². The second-order valence-corrected chi connectivity index (χ2v) is 10.2. The molecular weight excluding hydrogens is 579 g/mol. The van der Waals surface area contributed by atoms with E-state index >= 15 is 0 Å². The average molecular weight is 604 g/mol. The van der Waals surface area contributed by atoms with Crippen LogP contribution >= 0.6 is 35.4 Å². The van der Waals surface area contributed by atoms with Crippen molar-refractivity contribution in [2.75, 3.05) is 16.4 Å². The molecule has 1 fully saturated rings. The standard InChI is InChI=1S/C32H24Cl2N2O4S/c1-2-39-28-19-22(18-27(34)29(28)40-20-21-13-15-23(33)16-14-21)17-26-30(37)35(24-9-5-3-6-10-24)32(41)36(31(26)38)25-11-7-4-8-12-25/h3-19H,2,20H2,1H3. The van der Waals surface area contributed by atoms with Crippen LogP contribution in [0.2, 0.25) is 10.0 Å². The Hall–Kier alpha value is -4.17. The van der Waals surface area contributed by atoms with Gasteiger partial charge in [-0.05, 0) is 84.9 Å². The molecule has 0 radical (unpaired) electrons. The van der Waals surface area contributed by atoms with Crippen LogP contribution in [-0.2, 0) is 16.2 Å². The van der Waals surface area contributed by atoms with Crippen molar-refractivity contribution in [2.45, 2.75) is 13.5 Å². The van der Waals surface area contributed by atoms with Crippen molar-refractivity contribution in [3.63, 3.8) is 0 Å². The van der Waals surface area contributed by atoms with E-state index in [1.54, 1.807) is 72.8 Å². The van der Waals surface area contributed by atoms with Gasteiger partial charge in [0.2, 0.25) is 0 Å². The molecule has 5 rings (SSSR count). The zero-order chi connectivity index (χ0) is 28.9. The summed E-state index contributed by atoms with van der Waals surface area (Å²) in [6.45, 7) is 2.43. The molecule has 2 amide bonds. The van der Waals surface area contributed by atoms with Crippen LogP contribution in [0.3, 0.4) is 0 Å². The Bertz CT molecular complexity index is 1560. The molecule has 1 heterocycles. The Morgan fingerprint density at radius 1 is 0.780 bits per heavy atom. The summed E-state index contributed by atoms with van der Waals surface area (Å²) >= 11 is 18.3. The van der Waals surface area contributed by atoms with Crippen molar-refractivity contribution in [3.05, 3.63) is 124 Å². The molecule has 0 bridgehead atoms. The van der Waals surface area contributed by atoms with Gasteiger partial charge < -0.3 is 9.47 Å². The van der Waals surface area contributed by atoms with Gasteiger partial charge in [0.05, 0.1) is 23.0 Å². The Labute approximate surface area is 253 Å². The predicted octanol–water partition coefficient (Wildman–Crippen LogP) is 7.72. The number of carbonyl (C=O) groups is 2. The van der Waals surface area contributed by atoms with Crippen LogP contribution in [0.5, 0.6) is 11.5 Å². The SMILES string of the molecule is CCOc1cc(C=C2C(=O)N(c3ccccc3)C(=S)N(c3ccccc3)C2=O)cc(Cl)c1OCc1ccc(Cl)cc1. The smallest absolute Gasteiger partial charge is 0.270 e. The first-order valence-corrected chi connectivity index (χ1v) is 13.9. The van der Waals surface area contributed by atoms with Gasteiger partial charge in [-0.25, -0.2) is 0 Å². The van der Waals surface area contributed by atoms with Gasteiger partial charge in [0.15, 0.2) is 16.6 Å². The second kappa shape index (κ2) is 12.6. The number of nitrogens with zero attached hydrogens (tertiary/aromatic N) is 2. The van der Waals surface area contributed by atoms with Crippen molar-refractivity contribution in [3.8, 4) is 11.5 Å². The fourth-order valence-corrected chi connectivity index (χ4v) is 5.09. The van der Waals surface area contributed by atoms with Crippen LogP contribution in [-0.4, -0.2) is 23.5 Å². The summed E-state index contributed by atoms with van der Waals surface area (Å²) in [7, 11) is 0. The van der Waals surface area contributed by atoms with Crippen molar-refractivity contribution in [1.29, 1.82) is 0 Å². The van der Waals surface area contributed by atoms with Gasteiger partial charge in [0.25, 0.3) is 11.8 Å². The average Bonchev–Trinajstić information content (AvgIpc) is 2.97. The summed E-state index contributed by atoms with van der Waals surface area (Å²) in [6.07, 6.45) is 1.50. The predicted molar refractivity (Wildman–Crippen MR) is 167 cm³/mol. The normalized spacial score (nSPS) is 13.4. The maximum Gasteiger partial charge on any atom is 0.270 e.